The van der Waals surface area contributed by atoms with Gasteiger partial charge < -0.3 is 10.1 Å². The largest absolute Gasteiger partial charge is 0.359 e. The van der Waals surface area contributed by atoms with Crippen molar-refractivity contribution < 1.29 is 4.74 Å². The number of nitrogens with zero attached hydrogens (tertiary/aromatic N) is 1. The summed E-state index contributed by atoms with van der Waals surface area (Å²) in [7, 11) is 0. The molecule has 0 aromatic heterocycles. The second kappa shape index (κ2) is 6.59. The molecular formula is C17H32N2O. The predicted octanol–water partition coefficient (Wildman–Crippen LogP) is 3.17. The number of nitrogens with one attached hydrogen (secondary N) is 1. The molecule has 0 amide bonds. The first kappa shape index (κ1) is 16.0. The molecule has 3 nitrogen and oxygen atoms in total. The number of hydrogen-bond acceptors (Lipinski definition) is 3. The molecular weight excluding hydrogens is 248 g/mol. The van der Waals surface area contributed by atoms with Gasteiger partial charge in [0.2, 0.25) is 0 Å². The Bertz CT molecular complexity index is 349. The lowest BCUT2D eigenvalue weighted by molar-refractivity contribution is -0.196. The van der Waals surface area contributed by atoms with Gasteiger partial charge in [-0.05, 0) is 53.0 Å². The van der Waals surface area contributed by atoms with Crippen LogP contribution in [0.3, 0.4) is 0 Å². The van der Waals surface area contributed by atoms with Crippen LogP contribution in [0.1, 0.15) is 53.9 Å². The van der Waals surface area contributed by atoms with Crippen molar-refractivity contribution in [2.24, 2.45) is 5.92 Å². The maximum Gasteiger partial charge on any atom is 0.116 e. The summed E-state index contributed by atoms with van der Waals surface area (Å²) in [5.41, 5.74) is 1.27. The van der Waals surface area contributed by atoms with Gasteiger partial charge in [-0.25, -0.2) is 0 Å². The predicted molar refractivity (Wildman–Crippen MR) is 84.8 cm³/mol. The van der Waals surface area contributed by atoms with Crippen molar-refractivity contribution in [3.8, 4) is 0 Å². The Morgan fingerprint density at radius 3 is 2.85 bits per heavy atom. The molecule has 116 valence electrons. The molecule has 3 heteroatoms. The lowest BCUT2D eigenvalue weighted by Crippen LogP contribution is -2.66. The van der Waals surface area contributed by atoms with Crippen molar-refractivity contribution in [2.75, 3.05) is 19.7 Å². The molecule has 2 fully saturated rings. The standard InChI is InChI=1S/C17H32N2O/c1-6-13(2)11-19-16-9-7-8-14(3)10-18-15(16)12-20-17(19,4)5/h6,14-16,18H,7-12H2,1-5H3. The minimum atomic E-state index is -0.155. The maximum absolute atomic E-state index is 6.16. The van der Waals surface area contributed by atoms with Crippen LogP contribution in [-0.4, -0.2) is 42.4 Å². The highest BCUT2D eigenvalue weighted by Crippen LogP contribution is 2.31. The van der Waals surface area contributed by atoms with Crippen LogP contribution < -0.4 is 5.32 Å². The van der Waals surface area contributed by atoms with Crippen molar-refractivity contribution in [1.82, 2.24) is 10.2 Å². The van der Waals surface area contributed by atoms with E-state index < -0.39 is 0 Å². The Labute approximate surface area is 124 Å². The first-order chi connectivity index (χ1) is 9.44. The topological polar surface area (TPSA) is 24.5 Å². The second-order valence-electron chi connectivity index (χ2n) is 7.14. The Morgan fingerprint density at radius 1 is 1.40 bits per heavy atom. The fourth-order valence-electron chi connectivity index (χ4n) is 3.45. The third-order valence-corrected chi connectivity index (χ3v) is 5.01. The Kier molecular flexibility index (Phi) is 5.27. The Balaban J connectivity index is 2.15. The van der Waals surface area contributed by atoms with Crippen LogP contribution in [0.15, 0.2) is 11.6 Å². The van der Waals surface area contributed by atoms with Gasteiger partial charge in [0, 0.05) is 18.6 Å². The maximum atomic E-state index is 6.16. The summed E-state index contributed by atoms with van der Waals surface area (Å²) in [4.78, 5) is 2.57. The lowest BCUT2D eigenvalue weighted by atomic mass is 9.90. The van der Waals surface area contributed by atoms with Crippen molar-refractivity contribution >= 4 is 0 Å². The highest BCUT2D eigenvalue weighted by Gasteiger charge is 2.42. The molecule has 3 atom stereocenters. The van der Waals surface area contributed by atoms with Crippen molar-refractivity contribution in [1.29, 1.82) is 0 Å². The van der Waals surface area contributed by atoms with E-state index in [0.717, 1.165) is 25.6 Å². The van der Waals surface area contributed by atoms with E-state index in [0.29, 0.717) is 12.1 Å². The molecule has 2 rings (SSSR count). The van der Waals surface area contributed by atoms with Gasteiger partial charge in [-0.15, -0.1) is 0 Å². The van der Waals surface area contributed by atoms with E-state index in [1.54, 1.807) is 0 Å². The molecule has 2 heterocycles. The summed E-state index contributed by atoms with van der Waals surface area (Å²) in [6.45, 7) is 14.1. The number of rotatable bonds is 2. The van der Waals surface area contributed by atoms with Gasteiger partial charge in [0.05, 0.1) is 6.61 Å². The van der Waals surface area contributed by atoms with Gasteiger partial charge >= 0.3 is 0 Å². The number of hydrogen-bond donors (Lipinski definition) is 1. The third kappa shape index (κ3) is 3.63. The SMILES string of the molecule is CC=C(C)CN1C2CCCC(C)CNC2COC1(C)C. The molecule has 0 aliphatic carbocycles. The molecule has 2 aliphatic heterocycles. The van der Waals surface area contributed by atoms with Crippen LogP contribution in [0, 0.1) is 5.92 Å². The van der Waals surface area contributed by atoms with E-state index in [1.807, 2.05) is 0 Å². The first-order valence-corrected chi connectivity index (χ1v) is 8.20. The molecule has 2 saturated heterocycles. The summed E-state index contributed by atoms with van der Waals surface area (Å²) in [6.07, 6.45) is 6.18. The molecule has 2 aliphatic rings. The average molecular weight is 280 g/mol. The molecule has 0 aromatic rings. The van der Waals surface area contributed by atoms with Crippen LogP contribution in [0.2, 0.25) is 0 Å². The summed E-state index contributed by atoms with van der Waals surface area (Å²) < 4.78 is 6.16. The zero-order chi connectivity index (χ0) is 14.8. The van der Waals surface area contributed by atoms with Gasteiger partial charge in [-0.2, -0.15) is 0 Å². The van der Waals surface area contributed by atoms with Crippen molar-refractivity contribution in [2.45, 2.75) is 71.7 Å². The second-order valence-corrected chi connectivity index (χ2v) is 7.14. The molecule has 0 aromatic carbocycles. The first-order valence-electron chi connectivity index (χ1n) is 8.20. The monoisotopic (exact) mass is 280 g/mol. The minimum absolute atomic E-state index is 0.155. The third-order valence-electron chi connectivity index (χ3n) is 5.01. The summed E-state index contributed by atoms with van der Waals surface area (Å²) in [6, 6.07) is 1.08. The van der Waals surface area contributed by atoms with Gasteiger partial charge in [0.25, 0.3) is 0 Å². The molecule has 0 bridgehead atoms. The van der Waals surface area contributed by atoms with Crippen LogP contribution >= 0.6 is 0 Å². The molecule has 0 saturated carbocycles. The van der Waals surface area contributed by atoms with E-state index in [-0.39, 0.29) is 5.72 Å². The van der Waals surface area contributed by atoms with Gasteiger partial charge in [0.1, 0.15) is 5.72 Å². The molecule has 1 N–H and O–H groups in total. The summed E-state index contributed by atoms with van der Waals surface area (Å²) in [5.74, 6) is 0.789. The molecule has 20 heavy (non-hydrogen) atoms. The van der Waals surface area contributed by atoms with Crippen LogP contribution in [0.4, 0.5) is 0 Å². The zero-order valence-electron chi connectivity index (χ0n) is 13.9. The van der Waals surface area contributed by atoms with Crippen molar-refractivity contribution in [3.05, 3.63) is 11.6 Å². The smallest absolute Gasteiger partial charge is 0.116 e. The van der Waals surface area contributed by atoms with Crippen LogP contribution in [0.25, 0.3) is 0 Å². The van der Waals surface area contributed by atoms with Gasteiger partial charge in [-0.3, -0.25) is 4.90 Å². The molecule has 0 radical (unpaired) electrons. The zero-order valence-corrected chi connectivity index (χ0v) is 13.9. The minimum Gasteiger partial charge on any atom is -0.359 e. The van der Waals surface area contributed by atoms with Crippen molar-refractivity contribution in [3.63, 3.8) is 0 Å². The van der Waals surface area contributed by atoms with E-state index in [1.165, 1.54) is 24.8 Å². The van der Waals surface area contributed by atoms with Crippen LogP contribution in [-0.2, 0) is 4.74 Å². The Hall–Kier alpha value is -0.380. The van der Waals surface area contributed by atoms with Gasteiger partial charge in [0.15, 0.2) is 0 Å². The fourth-order valence-corrected chi connectivity index (χ4v) is 3.45. The summed E-state index contributed by atoms with van der Waals surface area (Å²) >= 11 is 0. The fraction of sp³-hybridized carbons (Fsp3) is 0.882. The summed E-state index contributed by atoms with van der Waals surface area (Å²) in [5, 5.41) is 3.75. The highest BCUT2D eigenvalue weighted by molar-refractivity contribution is 5.04. The number of fused-ring (bicyclic) bond motifs is 1. The normalized spacial score (nSPS) is 36.0. The van der Waals surface area contributed by atoms with E-state index in [4.69, 9.17) is 4.74 Å². The lowest BCUT2D eigenvalue weighted by Gasteiger charge is -2.52. The number of allylic oxidation sites excluding steroid dienone is 1. The van der Waals surface area contributed by atoms with Gasteiger partial charge in [-0.1, -0.05) is 25.0 Å². The molecule has 0 spiro atoms. The number of ether oxygens (including phenoxy) is 1. The Morgan fingerprint density at radius 2 is 2.15 bits per heavy atom. The van der Waals surface area contributed by atoms with E-state index in [2.05, 4.69) is 50.9 Å². The highest BCUT2D eigenvalue weighted by atomic mass is 16.5. The quantitative estimate of drug-likeness (QED) is 0.786. The van der Waals surface area contributed by atoms with E-state index in [9.17, 15) is 0 Å². The van der Waals surface area contributed by atoms with E-state index >= 15 is 0 Å². The average Bonchev–Trinajstić information content (AvgIpc) is 2.38. The van der Waals surface area contributed by atoms with Crippen LogP contribution in [0.5, 0.6) is 0 Å². The molecule has 3 unspecified atom stereocenters.